The lowest BCUT2D eigenvalue weighted by molar-refractivity contribution is 0.298. The summed E-state index contributed by atoms with van der Waals surface area (Å²) in [5, 5.41) is 0. The molecule has 0 bridgehead atoms. The first-order valence-electron chi connectivity index (χ1n) is 8.21. The molecular formula is C19H26F2N2OS. The van der Waals surface area contributed by atoms with Crippen molar-refractivity contribution in [1.29, 1.82) is 0 Å². The molecule has 0 unspecified atom stereocenters. The van der Waals surface area contributed by atoms with Crippen LogP contribution >= 0.6 is 0 Å². The fourth-order valence-electron chi connectivity index (χ4n) is 2.44. The monoisotopic (exact) mass is 368 g/mol. The van der Waals surface area contributed by atoms with Gasteiger partial charge in [0, 0.05) is 34.4 Å². The van der Waals surface area contributed by atoms with Crippen molar-refractivity contribution < 1.29 is 13.3 Å². The van der Waals surface area contributed by atoms with E-state index in [0.29, 0.717) is 5.56 Å². The molecule has 0 aliphatic carbocycles. The van der Waals surface area contributed by atoms with Gasteiger partial charge in [0.2, 0.25) is 0 Å². The van der Waals surface area contributed by atoms with Crippen molar-refractivity contribution in [2.24, 2.45) is 5.41 Å². The van der Waals surface area contributed by atoms with E-state index >= 15 is 0 Å². The van der Waals surface area contributed by atoms with Crippen LogP contribution in [0.25, 0.3) is 11.1 Å². The number of benzene rings is 1. The summed E-state index contributed by atoms with van der Waals surface area (Å²) in [5.74, 6) is -0.969. The molecule has 0 radical (unpaired) electrons. The highest BCUT2D eigenvalue weighted by Crippen LogP contribution is 2.36. The van der Waals surface area contributed by atoms with E-state index in [1.807, 2.05) is 41.5 Å². The van der Waals surface area contributed by atoms with Crippen molar-refractivity contribution in [1.82, 2.24) is 9.71 Å². The zero-order valence-electron chi connectivity index (χ0n) is 15.5. The number of nitrogens with one attached hydrogen (secondary N) is 2. The molecule has 0 saturated carbocycles. The van der Waals surface area contributed by atoms with Gasteiger partial charge in [0.05, 0.1) is 6.04 Å². The Kier molecular flexibility index (Phi) is 5.66. The van der Waals surface area contributed by atoms with Crippen LogP contribution in [0.2, 0.25) is 0 Å². The molecule has 1 heterocycles. The summed E-state index contributed by atoms with van der Waals surface area (Å²) in [6, 6.07) is 4.93. The van der Waals surface area contributed by atoms with Crippen molar-refractivity contribution in [3.63, 3.8) is 0 Å². The average Bonchev–Trinajstić information content (AvgIpc) is 2.93. The second-order valence-electron chi connectivity index (χ2n) is 8.27. The number of halogens is 2. The standard InChI is InChI=1S/C19H26F2N2OS/c1-18(2,3)17(23-25(24)19(4,5)6)16-9-12(11-22-16)14-10-13(20)7-8-15(14)21/h7-11,17,22-23H,1-6H3/t17-,25-/m0/s1. The minimum absolute atomic E-state index is 0.201. The smallest absolute Gasteiger partial charge is 0.136 e. The quantitative estimate of drug-likeness (QED) is 0.738. The zero-order valence-corrected chi connectivity index (χ0v) is 16.4. The molecule has 0 amide bonds. The number of aromatic amines is 1. The Labute approximate surface area is 151 Å². The predicted octanol–water partition coefficient (Wildman–Crippen LogP) is 5.10. The van der Waals surface area contributed by atoms with Gasteiger partial charge in [-0.25, -0.2) is 8.78 Å². The molecule has 2 rings (SSSR count). The molecule has 1 aromatic carbocycles. The first kappa shape index (κ1) is 19.9. The van der Waals surface area contributed by atoms with Crippen molar-refractivity contribution in [2.75, 3.05) is 0 Å². The summed E-state index contributed by atoms with van der Waals surface area (Å²) in [7, 11) is 0. The number of rotatable bonds is 4. The van der Waals surface area contributed by atoms with Crippen molar-refractivity contribution in [3.8, 4) is 11.1 Å². The molecule has 138 valence electrons. The fourth-order valence-corrected chi connectivity index (χ4v) is 3.49. The number of H-pyrrole nitrogens is 1. The van der Waals surface area contributed by atoms with Crippen LogP contribution in [0.5, 0.6) is 0 Å². The molecule has 25 heavy (non-hydrogen) atoms. The van der Waals surface area contributed by atoms with Gasteiger partial charge in [-0.1, -0.05) is 20.8 Å². The van der Waals surface area contributed by atoms with E-state index in [9.17, 15) is 13.3 Å². The maximum absolute atomic E-state index is 14.0. The maximum atomic E-state index is 14.0. The zero-order chi connectivity index (χ0) is 19.0. The second-order valence-corrected chi connectivity index (χ2v) is 10.3. The SMILES string of the molecule is CC(C)(C)[C@@H](N[S@@+]([O-])C(C)(C)C)c1cc(-c2cc(F)ccc2F)c[nH]1. The summed E-state index contributed by atoms with van der Waals surface area (Å²) in [4.78, 5) is 3.13. The molecule has 0 aliphatic heterocycles. The van der Waals surface area contributed by atoms with E-state index < -0.39 is 27.7 Å². The highest BCUT2D eigenvalue weighted by Gasteiger charge is 2.36. The Balaban J connectivity index is 2.37. The Hall–Kier alpha value is -1.37. The Morgan fingerprint density at radius 1 is 1.08 bits per heavy atom. The molecule has 0 aliphatic rings. The van der Waals surface area contributed by atoms with Gasteiger partial charge in [0.25, 0.3) is 0 Å². The van der Waals surface area contributed by atoms with Crippen LogP contribution in [-0.4, -0.2) is 14.3 Å². The van der Waals surface area contributed by atoms with Crippen molar-refractivity contribution in [3.05, 3.63) is 47.8 Å². The van der Waals surface area contributed by atoms with Crippen LogP contribution in [0.15, 0.2) is 30.5 Å². The van der Waals surface area contributed by atoms with Gasteiger partial charge in [0.15, 0.2) is 0 Å². The lowest BCUT2D eigenvalue weighted by Gasteiger charge is -2.34. The summed E-state index contributed by atoms with van der Waals surface area (Å²) < 4.78 is 42.8. The number of hydrogen-bond donors (Lipinski definition) is 2. The van der Waals surface area contributed by atoms with Gasteiger partial charge in [0.1, 0.15) is 16.4 Å². The van der Waals surface area contributed by atoms with Gasteiger partial charge in [-0.2, -0.15) is 0 Å². The third-order valence-electron chi connectivity index (χ3n) is 3.90. The lowest BCUT2D eigenvalue weighted by atomic mass is 9.85. The third-order valence-corrected chi connectivity index (χ3v) is 5.47. The fraction of sp³-hybridized carbons (Fsp3) is 0.474. The number of aromatic nitrogens is 1. The van der Waals surface area contributed by atoms with E-state index in [4.69, 9.17) is 0 Å². The van der Waals surface area contributed by atoms with E-state index in [0.717, 1.165) is 17.8 Å². The van der Waals surface area contributed by atoms with E-state index in [2.05, 4.69) is 9.71 Å². The third kappa shape index (κ3) is 4.84. The minimum atomic E-state index is -1.26. The average molecular weight is 368 g/mol. The summed E-state index contributed by atoms with van der Waals surface area (Å²) >= 11 is -1.26. The molecule has 2 N–H and O–H groups in total. The van der Waals surface area contributed by atoms with Crippen LogP contribution < -0.4 is 4.72 Å². The maximum Gasteiger partial charge on any atom is 0.136 e. The van der Waals surface area contributed by atoms with Gasteiger partial charge in [-0.05, 0) is 50.5 Å². The molecule has 3 nitrogen and oxygen atoms in total. The van der Waals surface area contributed by atoms with Crippen LogP contribution in [0, 0.1) is 17.0 Å². The topological polar surface area (TPSA) is 50.9 Å². The molecule has 0 spiro atoms. The van der Waals surface area contributed by atoms with Gasteiger partial charge in [-0.3, -0.25) is 0 Å². The Morgan fingerprint density at radius 3 is 2.28 bits per heavy atom. The summed E-state index contributed by atoms with van der Waals surface area (Å²) in [6.07, 6.45) is 1.65. The van der Waals surface area contributed by atoms with E-state index in [1.165, 1.54) is 6.07 Å². The van der Waals surface area contributed by atoms with E-state index in [1.54, 1.807) is 12.3 Å². The van der Waals surface area contributed by atoms with Crippen LogP contribution in [-0.2, 0) is 11.4 Å². The number of hydrogen-bond acceptors (Lipinski definition) is 2. The first-order valence-corrected chi connectivity index (χ1v) is 9.36. The highest BCUT2D eigenvalue weighted by atomic mass is 32.2. The van der Waals surface area contributed by atoms with E-state index in [-0.39, 0.29) is 17.0 Å². The molecule has 0 fully saturated rings. The van der Waals surface area contributed by atoms with Crippen molar-refractivity contribution in [2.45, 2.75) is 52.3 Å². The van der Waals surface area contributed by atoms with Crippen LogP contribution in [0.4, 0.5) is 8.78 Å². The van der Waals surface area contributed by atoms with Gasteiger partial charge < -0.3 is 9.54 Å². The molecule has 0 saturated heterocycles. The Bertz CT molecular complexity index is 732. The summed E-state index contributed by atoms with van der Waals surface area (Å²) in [6.45, 7) is 11.8. The molecular weight excluding hydrogens is 342 g/mol. The largest absolute Gasteiger partial charge is 0.598 e. The van der Waals surface area contributed by atoms with Crippen molar-refractivity contribution >= 4 is 11.4 Å². The first-order chi connectivity index (χ1) is 11.4. The molecule has 2 atom stereocenters. The van der Waals surface area contributed by atoms with Gasteiger partial charge >= 0.3 is 0 Å². The minimum Gasteiger partial charge on any atom is -0.598 e. The van der Waals surface area contributed by atoms with Gasteiger partial charge in [-0.15, -0.1) is 4.72 Å². The normalized spacial score (nSPS) is 15.2. The molecule has 2 aromatic rings. The molecule has 6 heteroatoms. The highest BCUT2D eigenvalue weighted by molar-refractivity contribution is 7.90. The molecule has 1 aromatic heterocycles. The Morgan fingerprint density at radius 2 is 1.72 bits per heavy atom. The second kappa shape index (κ2) is 7.09. The predicted molar refractivity (Wildman–Crippen MR) is 99.4 cm³/mol. The van der Waals surface area contributed by atoms with Crippen LogP contribution in [0.1, 0.15) is 53.3 Å². The summed E-state index contributed by atoms with van der Waals surface area (Å²) in [5.41, 5.74) is 1.31. The lowest BCUT2D eigenvalue weighted by Crippen LogP contribution is -2.45. The van der Waals surface area contributed by atoms with Crippen LogP contribution in [0.3, 0.4) is 0 Å².